The maximum absolute atomic E-state index is 13.1. The average molecular weight is 348 g/mol. The second kappa shape index (κ2) is 6.54. The summed E-state index contributed by atoms with van der Waals surface area (Å²) in [4.78, 5) is 16.9. The van der Waals surface area contributed by atoms with Crippen LogP contribution in [0.25, 0.3) is 0 Å². The third kappa shape index (κ3) is 3.70. The Morgan fingerprint density at radius 2 is 2.12 bits per heavy atom. The minimum Gasteiger partial charge on any atom is -0.321 e. The monoisotopic (exact) mass is 348 g/mol. The molecule has 0 saturated heterocycles. The number of aromatic nitrogens is 3. The van der Waals surface area contributed by atoms with Gasteiger partial charge in [-0.1, -0.05) is 6.92 Å². The van der Waals surface area contributed by atoms with Crippen LogP contribution in [-0.4, -0.2) is 26.6 Å². The standard InChI is InChI=1S/C18H22F2N4O/c1-4-15-12(3)16(17(25)22-14-5-6-21-11(2)7-14)24(23-15)10-13-8-18(19,20)9-13/h5-7,13H,4,8-10H2,1-3H3,(H,21,22,25). The lowest BCUT2D eigenvalue weighted by atomic mass is 9.81. The van der Waals surface area contributed by atoms with Crippen molar-refractivity contribution >= 4 is 11.6 Å². The predicted octanol–water partition coefficient (Wildman–Crippen LogP) is 3.75. The zero-order valence-corrected chi connectivity index (χ0v) is 14.6. The van der Waals surface area contributed by atoms with Crippen molar-refractivity contribution < 1.29 is 13.6 Å². The summed E-state index contributed by atoms with van der Waals surface area (Å²) in [5.74, 6) is -2.99. The highest BCUT2D eigenvalue weighted by molar-refractivity contribution is 6.04. The van der Waals surface area contributed by atoms with Crippen LogP contribution in [0.15, 0.2) is 18.3 Å². The Hall–Kier alpha value is -2.31. The van der Waals surface area contributed by atoms with E-state index in [1.807, 2.05) is 20.8 Å². The summed E-state index contributed by atoms with van der Waals surface area (Å²) in [5.41, 5.74) is 3.52. The number of hydrogen-bond donors (Lipinski definition) is 1. The van der Waals surface area contributed by atoms with Gasteiger partial charge in [-0.3, -0.25) is 14.5 Å². The zero-order valence-electron chi connectivity index (χ0n) is 14.6. The second-order valence-electron chi connectivity index (χ2n) is 6.73. The van der Waals surface area contributed by atoms with Crippen molar-refractivity contribution in [1.82, 2.24) is 14.8 Å². The Morgan fingerprint density at radius 3 is 2.72 bits per heavy atom. The minimum atomic E-state index is -2.57. The van der Waals surface area contributed by atoms with Crippen LogP contribution in [0, 0.1) is 19.8 Å². The molecule has 1 saturated carbocycles. The molecule has 2 heterocycles. The highest BCUT2D eigenvalue weighted by Gasteiger charge is 2.45. The molecule has 5 nitrogen and oxygen atoms in total. The molecule has 0 aromatic carbocycles. The molecular formula is C18H22F2N4O. The van der Waals surface area contributed by atoms with Gasteiger partial charge in [0.2, 0.25) is 5.92 Å². The van der Waals surface area contributed by atoms with Crippen molar-refractivity contribution in [1.29, 1.82) is 0 Å². The van der Waals surface area contributed by atoms with Crippen LogP contribution in [0.5, 0.6) is 0 Å². The number of halogens is 2. The van der Waals surface area contributed by atoms with E-state index in [0.29, 0.717) is 24.3 Å². The molecule has 0 bridgehead atoms. The SMILES string of the molecule is CCc1nn(CC2CC(F)(F)C2)c(C(=O)Nc2ccnc(C)c2)c1C. The van der Waals surface area contributed by atoms with Crippen LogP contribution in [0.2, 0.25) is 0 Å². The number of carbonyl (C=O) groups is 1. The van der Waals surface area contributed by atoms with E-state index in [1.54, 1.807) is 23.0 Å². The Labute approximate surface area is 145 Å². The van der Waals surface area contributed by atoms with Gasteiger partial charge in [-0.25, -0.2) is 8.78 Å². The van der Waals surface area contributed by atoms with Gasteiger partial charge in [0.05, 0.1) is 5.69 Å². The number of pyridine rings is 1. The fraction of sp³-hybridized carbons (Fsp3) is 0.500. The van der Waals surface area contributed by atoms with Gasteiger partial charge in [0.25, 0.3) is 5.91 Å². The third-order valence-corrected chi connectivity index (χ3v) is 4.60. The molecule has 1 amide bonds. The van der Waals surface area contributed by atoms with Crippen molar-refractivity contribution in [2.24, 2.45) is 5.92 Å². The molecule has 2 aromatic rings. The van der Waals surface area contributed by atoms with Crippen molar-refractivity contribution in [2.75, 3.05) is 5.32 Å². The summed E-state index contributed by atoms with van der Waals surface area (Å²) >= 11 is 0. The molecule has 1 fully saturated rings. The number of aryl methyl sites for hydroxylation is 2. The first kappa shape index (κ1) is 17.5. The Bertz CT molecular complexity index is 792. The molecular weight excluding hydrogens is 326 g/mol. The fourth-order valence-electron chi connectivity index (χ4n) is 3.33. The third-order valence-electron chi connectivity index (χ3n) is 4.60. The van der Waals surface area contributed by atoms with Crippen LogP contribution < -0.4 is 5.32 Å². The number of alkyl halides is 2. The summed E-state index contributed by atoms with van der Waals surface area (Å²) in [6.07, 6.45) is 2.03. The summed E-state index contributed by atoms with van der Waals surface area (Å²) in [6, 6.07) is 3.50. The van der Waals surface area contributed by atoms with Crippen LogP contribution in [0.1, 0.15) is 47.2 Å². The number of rotatable bonds is 5. The summed E-state index contributed by atoms with van der Waals surface area (Å²) < 4.78 is 27.8. The van der Waals surface area contributed by atoms with Crippen LogP contribution >= 0.6 is 0 Å². The van der Waals surface area contributed by atoms with E-state index in [-0.39, 0.29) is 24.7 Å². The molecule has 0 atom stereocenters. The lowest BCUT2D eigenvalue weighted by molar-refractivity contribution is -0.114. The van der Waals surface area contributed by atoms with Crippen LogP contribution in [0.4, 0.5) is 14.5 Å². The molecule has 134 valence electrons. The van der Waals surface area contributed by atoms with Gasteiger partial charge < -0.3 is 5.32 Å². The van der Waals surface area contributed by atoms with E-state index in [2.05, 4.69) is 15.4 Å². The van der Waals surface area contributed by atoms with Crippen molar-refractivity contribution in [3.05, 3.63) is 41.0 Å². The van der Waals surface area contributed by atoms with Gasteiger partial charge in [-0.05, 0) is 38.3 Å². The van der Waals surface area contributed by atoms with E-state index in [0.717, 1.165) is 17.0 Å². The van der Waals surface area contributed by atoms with Gasteiger partial charge in [-0.15, -0.1) is 0 Å². The van der Waals surface area contributed by atoms with E-state index < -0.39 is 5.92 Å². The number of amides is 1. The number of hydrogen-bond acceptors (Lipinski definition) is 3. The molecule has 2 aromatic heterocycles. The maximum atomic E-state index is 13.1. The largest absolute Gasteiger partial charge is 0.321 e. The van der Waals surface area contributed by atoms with Crippen LogP contribution in [-0.2, 0) is 13.0 Å². The van der Waals surface area contributed by atoms with Crippen LogP contribution in [0.3, 0.4) is 0 Å². The van der Waals surface area contributed by atoms with Gasteiger partial charge in [0, 0.05) is 42.5 Å². The number of nitrogens with zero attached hydrogens (tertiary/aromatic N) is 3. The van der Waals surface area contributed by atoms with E-state index in [1.165, 1.54) is 0 Å². The lowest BCUT2D eigenvalue weighted by Gasteiger charge is -2.34. The Balaban J connectivity index is 1.83. The molecule has 1 aliphatic rings. The Kier molecular flexibility index (Phi) is 4.58. The molecule has 25 heavy (non-hydrogen) atoms. The highest BCUT2D eigenvalue weighted by Crippen LogP contribution is 2.43. The summed E-state index contributed by atoms with van der Waals surface area (Å²) in [5, 5.41) is 7.33. The average Bonchev–Trinajstić information content (AvgIpc) is 2.81. The fourth-order valence-corrected chi connectivity index (χ4v) is 3.33. The molecule has 1 N–H and O–H groups in total. The first-order valence-electron chi connectivity index (χ1n) is 8.47. The smallest absolute Gasteiger partial charge is 0.274 e. The van der Waals surface area contributed by atoms with E-state index >= 15 is 0 Å². The predicted molar refractivity (Wildman–Crippen MR) is 90.9 cm³/mol. The van der Waals surface area contributed by atoms with E-state index in [4.69, 9.17) is 0 Å². The topological polar surface area (TPSA) is 59.8 Å². The van der Waals surface area contributed by atoms with Gasteiger partial charge in [0.15, 0.2) is 0 Å². The first-order valence-corrected chi connectivity index (χ1v) is 8.47. The normalized spacial score (nSPS) is 16.5. The van der Waals surface area contributed by atoms with Crippen molar-refractivity contribution in [3.8, 4) is 0 Å². The number of nitrogens with one attached hydrogen (secondary N) is 1. The van der Waals surface area contributed by atoms with Crippen molar-refractivity contribution in [2.45, 2.75) is 52.5 Å². The van der Waals surface area contributed by atoms with Gasteiger partial charge in [0.1, 0.15) is 5.69 Å². The lowest BCUT2D eigenvalue weighted by Crippen LogP contribution is -2.38. The minimum absolute atomic E-state index is 0.141. The molecule has 0 radical (unpaired) electrons. The Morgan fingerprint density at radius 1 is 1.40 bits per heavy atom. The van der Waals surface area contributed by atoms with E-state index in [9.17, 15) is 13.6 Å². The number of anilines is 1. The zero-order chi connectivity index (χ0) is 18.2. The molecule has 0 unspecified atom stereocenters. The van der Waals surface area contributed by atoms with Gasteiger partial charge in [-0.2, -0.15) is 5.10 Å². The molecule has 0 spiro atoms. The second-order valence-corrected chi connectivity index (χ2v) is 6.73. The number of carbonyl (C=O) groups excluding carboxylic acids is 1. The summed E-state index contributed by atoms with van der Waals surface area (Å²) in [7, 11) is 0. The highest BCUT2D eigenvalue weighted by atomic mass is 19.3. The van der Waals surface area contributed by atoms with Crippen molar-refractivity contribution in [3.63, 3.8) is 0 Å². The maximum Gasteiger partial charge on any atom is 0.274 e. The summed E-state index contributed by atoms with van der Waals surface area (Å²) in [6.45, 7) is 6.00. The molecule has 0 aliphatic heterocycles. The molecule has 1 aliphatic carbocycles. The molecule has 7 heteroatoms. The quantitative estimate of drug-likeness (QED) is 0.895. The van der Waals surface area contributed by atoms with Gasteiger partial charge >= 0.3 is 0 Å². The first-order chi connectivity index (χ1) is 11.8. The molecule has 3 rings (SSSR count).